The van der Waals surface area contributed by atoms with E-state index in [1.54, 1.807) is 0 Å². The van der Waals surface area contributed by atoms with Gasteiger partial charge in [-0.1, -0.05) is 0 Å². The first-order chi connectivity index (χ1) is 9.15. The highest BCUT2D eigenvalue weighted by atomic mass is 16.3. The van der Waals surface area contributed by atoms with Gasteiger partial charge in [-0.3, -0.25) is 9.78 Å². The molecule has 2 heterocycles. The van der Waals surface area contributed by atoms with Crippen LogP contribution in [0.25, 0.3) is 0 Å². The van der Waals surface area contributed by atoms with Crippen LogP contribution in [-0.2, 0) is 0 Å². The van der Waals surface area contributed by atoms with E-state index in [9.17, 15) is 15.0 Å². The van der Waals surface area contributed by atoms with Crippen molar-refractivity contribution in [2.24, 2.45) is 11.8 Å². The minimum absolute atomic E-state index is 0.0000576. The largest absolute Gasteiger partial charge is 0.396 e. The van der Waals surface area contributed by atoms with Crippen LogP contribution in [0.5, 0.6) is 0 Å². The Morgan fingerprint density at radius 1 is 1.42 bits per heavy atom. The van der Waals surface area contributed by atoms with Gasteiger partial charge in [-0.05, 0) is 12.3 Å². The zero-order valence-corrected chi connectivity index (χ0v) is 10.3. The molecule has 0 radical (unpaired) electrons. The van der Waals surface area contributed by atoms with Crippen molar-refractivity contribution in [3.8, 4) is 0 Å². The number of nitrogens with one attached hydrogen (secondary N) is 2. The summed E-state index contributed by atoms with van der Waals surface area (Å²) in [6.45, 7) is 0.551. The van der Waals surface area contributed by atoms with E-state index in [2.05, 4.69) is 15.3 Å². The number of fused-ring (bicyclic) bond motifs is 1. The SMILES string of the molecule is Nc1nc2c(c(=O)[nH]1)NCN2[C@@H]1C[C@H](CO)[C@H]1CO. The summed E-state index contributed by atoms with van der Waals surface area (Å²) in [4.78, 5) is 20.3. The van der Waals surface area contributed by atoms with Gasteiger partial charge in [0.15, 0.2) is 5.82 Å². The molecule has 1 aromatic heterocycles. The van der Waals surface area contributed by atoms with Crippen LogP contribution in [0.4, 0.5) is 17.5 Å². The standard InChI is InChI=1S/C11H17N5O3/c12-11-14-9-8(10(19)15-11)13-4-16(9)7-1-5(2-17)6(7)3-18/h5-7,13,17-18H,1-4H2,(H3,12,14,15,19)/t5-,6-,7-/m1/s1. The van der Waals surface area contributed by atoms with Gasteiger partial charge in [0.25, 0.3) is 5.56 Å². The van der Waals surface area contributed by atoms with Gasteiger partial charge >= 0.3 is 0 Å². The Morgan fingerprint density at radius 2 is 2.21 bits per heavy atom. The molecule has 1 saturated carbocycles. The number of nitrogens with two attached hydrogens (primary N) is 1. The highest BCUT2D eigenvalue weighted by molar-refractivity contribution is 5.71. The zero-order chi connectivity index (χ0) is 13.6. The molecule has 1 aliphatic carbocycles. The number of H-pyrrole nitrogens is 1. The van der Waals surface area contributed by atoms with Crippen molar-refractivity contribution in [1.29, 1.82) is 0 Å². The third-order valence-electron chi connectivity index (χ3n) is 4.11. The van der Waals surface area contributed by atoms with Gasteiger partial charge in [-0.15, -0.1) is 0 Å². The normalized spacial score (nSPS) is 28.7. The second-order valence-corrected chi connectivity index (χ2v) is 5.05. The van der Waals surface area contributed by atoms with Crippen LogP contribution in [0.2, 0.25) is 0 Å². The topological polar surface area (TPSA) is 128 Å². The van der Waals surface area contributed by atoms with E-state index in [4.69, 9.17) is 5.73 Å². The molecular formula is C11H17N5O3. The van der Waals surface area contributed by atoms with E-state index < -0.39 is 0 Å². The van der Waals surface area contributed by atoms with E-state index in [0.717, 1.165) is 6.42 Å². The highest BCUT2D eigenvalue weighted by Gasteiger charge is 2.45. The molecule has 0 amide bonds. The smallest absolute Gasteiger partial charge is 0.277 e. The number of nitrogen functional groups attached to an aromatic ring is 1. The third kappa shape index (κ3) is 1.75. The molecule has 3 rings (SSSR count). The summed E-state index contributed by atoms with van der Waals surface area (Å²) in [6, 6.07) is 0.0737. The fraction of sp³-hybridized carbons (Fsp3) is 0.636. The number of aliphatic hydroxyl groups is 2. The predicted octanol–water partition coefficient (Wildman–Crippen LogP) is -1.47. The quantitative estimate of drug-likeness (QED) is 0.452. The van der Waals surface area contributed by atoms with Crippen LogP contribution in [0.15, 0.2) is 4.79 Å². The van der Waals surface area contributed by atoms with Crippen LogP contribution in [0.3, 0.4) is 0 Å². The van der Waals surface area contributed by atoms with Crippen LogP contribution >= 0.6 is 0 Å². The Hall–Kier alpha value is -1.80. The minimum Gasteiger partial charge on any atom is -0.396 e. The molecule has 0 bridgehead atoms. The van der Waals surface area contributed by atoms with E-state index in [1.807, 2.05) is 4.90 Å². The Kier molecular flexibility index (Phi) is 2.83. The van der Waals surface area contributed by atoms with Crippen molar-refractivity contribution in [3.63, 3.8) is 0 Å². The van der Waals surface area contributed by atoms with Crippen molar-refractivity contribution < 1.29 is 10.2 Å². The molecule has 0 aromatic carbocycles. The summed E-state index contributed by atoms with van der Waals surface area (Å²) >= 11 is 0. The summed E-state index contributed by atoms with van der Waals surface area (Å²) < 4.78 is 0. The first-order valence-corrected chi connectivity index (χ1v) is 6.27. The lowest BCUT2D eigenvalue weighted by molar-refractivity contribution is 0.0223. The molecular weight excluding hydrogens is 250 g/mol. The number of aliphatic hydroxyl groups excluding tert-OH is 2. The van der Waals surface area contributed by atoms with Gasteiger partial charge in [0.2, 0.25) is 5.95 Å². The Labute approximate surface area is 109 Å². The van der Waals surface area contributed by atoms with Crippen molar-refractivity contribution in [2.45, 2.75) is 12.5 Å². The van der Waals surface area contributed by atoms with Crippen LogP contribution in [0, 0.1) is 11.8 Å². The van der Waals surface area contributed by atoms with Gasteiger partial charge in [-0.2, -0.15) is 4.98 Å². The van der Waals surface area contributed by atoms with Crippen LogP contribution < -0.4 is 21.5 Å². The van der Waals surface area contributed by atoms with Gasteiger partial charge in [0, 0.05) is 25.2 Å². The fourth-order valence-corrected chi connectivity index (χ4v) is 2.98. The monoisotopic (exact) mass is 267 g/mol. The molecule has 0 saturated heterocycles. The summed E-state index contributed by atoms with van der Waals surface area (Å²) in [5.41, 5.74) is 5.69. The molecule has 1 aromatic rings. The average Bonchev–Trinajstić information content (AvgIpc) is 2.73. The van der Waals surface area contributed by atoms with Crippen molar-refractivity contribution >= 4 is 17.5 Å². The maximum atomic E-state index is 11.7. The maximum absolute atomic E-state index is 11.7. The highest BCUT2D eigenvalue weighted by Crippen LogP contribution is 2.42. The third-order valence-corrected chi connectivity index (χ3v) is 4.11. The molecule has 2 aliphatic rings. The number of rotatable bonds is 3. The van der Waals surface area contributed by atoms with E-state index in [0.29, 0.717) is 18.2 Å². The molecule has 19 heavy (non-hydrogen) atoms. The van der Waals surface area contributed by atoms with Gasteiger partial charge in [0.05, 0.1) is 6.67 Å². The number of aromatic nitrogens is 2. The molecule has 3 atom stereocenters. The van der Waals surface area contributed by atoms with Gasteiger partial charge < -0.3 is 26.2 Å². The summed E-state index contributed by atoms with van der Waals surface area (Å²) in [7, 11) is 0. The fourth-order valence-electron chi connectivity index (χ4n) is 2.98. The van der Waals surface area contributed by atoms with Crippen LogP contribution in [0.1, 0.15) is 6.42 Å². The number of aromatic amines is 1. The Bertz CT molecular complexity index is 546. The number of anilines is 3. The number of nitrogens with zero attached hydrogens (tertiary/aromatic N) is 2. The van der Waals surface area contributed by atoms with Crippen molar-refractivity contribution in [2.75, 3.05) is 35.8 Å². The molecule has 104 valence electrons. The van der Waals surface area contributed by atoms with Gasteiger partial charge in [-0.25, -0.2) is 0 Å². The van der Waals surface area contributed by atoms with E-state index in [-0.39, 0.29) is 42.6 Å². The zero-order valence-electron chi connectivity index (χ0n) is 10.3. The molecule has 1 aliphatic heterocycles. The van der Waals surface area contributed by atoms with Crippen molar-refractivity contribution in [1.82, 2.24) is 9.97 Å². The lowest BCUT2D eigenvalue weighted by Crippen LogP contribution is -2.55. The summed E-state index contributed by atoms with van der Waals surface area (Å²) in [5.74, 6) is 0.718. The Balaban J connectivity index is 1.89. The molecule has 8 nitrogen and oxygen atoms in total. The first kappa shape index (κ1) is 12.2. The predicted molar refractivity (Wildman–Crippen MR) is 69.8 cm³/mol. The van der Waals surface area contributed by atoms with E-state index in [1.165, 1.54) is 0 Å². The lowest BCUT2D eigenvalue weighted by Gasteiger charge is -2.47. The maximum Gasteiger partial charge on any atom is 0.277 e. The average molecular weight is 267 g/mol. The lowest BCUT2D eigenvalue weighted by atomic mass is 9.69. The number of hydrogen-bond acceptors (Lipinski definition) is 7. The second kappa shape index (κ2) is 4.39. The van der Waals surface area contributed by atoms with Crippen LogP contribution in [-0.4, -0.2) is 46.1 Å². The van der Waals surface area contributed by atoms with Crippen molar-refractivity contribution in [3.05, 3.63) is 10.4 Å². The second-order valence-electron chi connectivity index (χ2n) is 5.05. The Morgan fingerprint density at radius 3 is 2.89 bits per heavy atom. The molecule has 1 fully saturated rings. The molecule has 6 N–H and O–H groups in total. The summed E-state index contributed by atoms with van der Waals surface area (Å²) in [5, 5.41) is 21.6. The first-order valence-electron chi connectivity index (χ1n) is 6.27. The van der Waals surface area contributed by atoms with E-state index >= 15 is 0 Å². The minimum atomic E-state index is -0.288. The number of hydrogen-bond donors (Lipinski definition) is 5. The van der Waals surface area contributed by atoms with Gasteiger partial charge in [0.1, 0.15) is 5.69 Å². The molecule has 0 unspecified atom stereocenters. The summed E-state index contributed by atoms with van der Waals surface area (Å²) in [6.07, 6.45) is 0.775. The molecule has 8 heteroatoms. The molecule has 0 spiro atoms.